The molecule has 0 radical (unpaired) electrons. The van der Waals surface area contributed by atoms with Crippen molar-refractivity contribution in [2.75, 3.05) is 13.1 Å². The van der Waals surface area contributed by atoms with Crippen LogP contribution >= 0.6 is 0 Å². The number of hydrogen-bond donors (Lipinski definition) is 2. The predicted octanol–water partition coefficient (Wildman–Crippen LogP) is 0.930. The summed E-state index contributed by atoms with van der Waals surface area (Å²) < 4.78 is 41.1. The molecule has 1 fully saturated rings. The Morgan fingerprint density at radius 2 is 2.35 bits per heavy atom. The van der Waals surface area contributed by atoms with Crippen LogP contribution in [0.25, 0.3) is 0 Å². The van der Waals surface area contributed by atoms with Crippen LogP contribution in [-0.4, -0.2) is 41.0 Å². The van der Waals surface area contributed by atoms with Gasteiger partial charge in [0.05, 0.1) is 6.54 Å². The fraction of sp³-hybridized carbons (Fsp3) is 0.667. The molecule has 0 saturated carbocycles. The third-order valence-corrected chi connectivity index (χ3v) is 3.53. The van der Waals surface area contributed by atoms with Gasteiger partial charge in [-0.2, -0.15) is 18.3 Å². The van der Waals surface area contributed by atoms with Crippen molar-refractivity contribution < 1.29 is 18.0 Å². The van der Waals surface area contributed by atoms with Gasteiger partial charge < -0.3 is 10.6 Å². The monoisotopic (exact) mass is 290 g/mol. The molecular formula is C12H17F3N4O. The number of carbonyl (C=O) groups excluding carboxylic acids is 1. The van der Waals surface area contributed by atoms with Gasteiger partial charge in [0.2, 0.25) is 5.91 Å². The Labute approximate surface area is 114 Å². The highest BCUT2D eigenvalue weighted by Crippen LogP contribution is 2.43. The molecule has 112 valence electrons. The van der Waals surface area contributed by atoms with E-state index in [9.17, 15) is 18.0 Å². The summed E-state index contributed by atoms with van der Waals surface area (Å²) in [5.74, 6) is -0.963. The van der Waals surface area contributed by atoms with E-state index in [1.54, 1.807) is 30.1 Å². The van der Waals surface area contributed by atoms with Crippen LogP contribution in [0.15, 0.2) is 18.5 Å². The first-order chi connectivity index (χ1) is 9.35. The Kier molecular flexibility index (Phi) is 4.03. The van der Waals surface area contributed by atoms with Gasteiger partial charge >= 0.3 is 6.18 Å². The van der Waals surface area contributed by atoms with Crippen molar-refractivity contribution in [1.29, 1.82) is 0 Å². The Morgan fingerprint density at radius 3 is 2.85 bits per heavy atom. The Morgan fingerprint density at radius 1 is 1.60 bits per heavy atom. The van der Waals surface area contributed by atoms with E-state index in [1.165, 1.54) is 0 Å². The number of nitrogens with zero attached hydrogens (tertiary/aromatic N) is 2. The molecule has 1 aromatic heterocycles. The minimum atomic E-state index is -4.55. The van der Waals surface area contributed by atoms with Crippen molar-refractivity contribution in [3.05, 3.63) is 18.5 Å². The van der Waals surface area contributed by atoms with Crippen LogP contribution in [-0.2, 0) is 11.3 Å². The number of halogens is 3. The highest BCUT2D eigenvalue weighted by atomic mass is 19.4. The molecule has 8 heteroatoms. The van der Waals surface area contributed by atoms with Gasteiger partial charge in [-0.15, -0.1) is 0 Å². The lowest BCUT2D eigenvalue weighted by Gasteiger charge is -2.30. The van der Waals surface area contributed by atoms with E-state index >= 15 is 0 Å². The summed E-state index contributed by atoms with van der Waals surface area (Å²) in [4.78, 5) is 12.1. The molecule has 1 aromatic rings. The Balaban J connectivity index is 2.02. The summed E-state index contributed by atoms with van der Waals surface area (Å²) in [6, 6.07) is 1.29. The molecule has 2 atom stereocenters. The lowest BCUT2D eigenvalue weighted by atomic mass is 9.85. The summed E-state index contributed by atoms with van der Waals surface area (Å²) in [6.45, 7) is 1.82. The van der Waals surface area contributed by atoms with Gasteiger partial charge in [-0.3, -0.25) is 9.48 Å². The molecule has 20 heavy (non-hydrogen) atoms. The van der Waals surface area contributed by atoms with Gasteiger partial charge in [0, 0.05) is 25.0 Å². The third kappa shape index (κ3) is 2.79. The first-order valence-electron chi connectivity index (χ1n) is 6.41. The molecule has 0 spiro atoms. The van der Waals surface area contributed by atoms with Crippen LogP contribution in [0.5, 0.6) is 0 Å². The van der Waals surface area contributed by atoms with E-state index in [-0.39, 0.29) is 19.5 Å². The van der Waals surface area contributed by atoms with Crippen LogP contribution in [0.2, 0.25) is 0 Å². The molecule has 0 bridgehead atoms. The molecular weight excluding hydrogens is 273 g/mol. The maximum absolute atomic E-state index is 13.2. The summed E-state index contributed by atoms with van der Waals surface area (Å²) in [6.07, 6.45) is -1.51. The Hall–Kier alpha value is -1.57. The third-order valence-electron chi connectivity index (χ3n) is 3.53. The van der Waals surface area contributed by atoms with Crippen molar-refractivity contribution in [3.8, 4) is 0 Å². The van der Waals surface area contributed by atoms with E-state index in [0.29, 0.717) is 6.54 Å². The van der Waals surface area contributed by atoms with Gasteiger partial charge in [-0.1, -0.05) is 0 Å². The molecule has 1 aliphatic rings. The summed E-state index contributed by atoms with van der Waals surface area (Å²) in [7, 11) is 0. The van der Waals surface area contributed by atoms with Crippen molar-refractivity contribution in [2.24, 2.45) is 5.41 Å². The average molecular weight is 290 g/mol. The first kappa shape index (κ1) is 14.8. The van der Waals surface area contributed by atoms with Gasteiger partial charge in [0.25, 0.3) is 0 Å². The lowest BCUT2D eigenvalue weighted by molar-refractivity contribution is -0.216. The van der Waals surface area contributed by atoms with E-state index in [4.69, 9.17) is 0 Å². The Bertz CT molecular complexity index is 452. The minimum Gasteiger partial charge on any atom is -0.351 e. The second-order valence-electron chi connectivity index (χ2n) is 5.11. The lowest BCUT2D eigenvalue weighted by Crippen LogP contribution is -2.54. The van der Waals surface area contributed by atoms with Crippen LogP contribution in [0.3, 0.4) is 0 Å². The van der Waals surface area contributed by atoms with Crippen molar-refractivity contribution in [3.63, 3.8) is 0 Å². The number of aromatic nitrogens is 2. The van der Waals surface area contributed by atoms with Crippen LogP contribution in [0.1, 0.15) is 13.3 Å². The fourth-order valence-electron chi connectivity index (χ4n) is 2.35. The predicted molar refractivity (Wildman–Crippen MR) is 65.8 cm³/mol. The first-order valence-corrected chi connectivity index (χ1v) is 6.41. The molecule has 2 N–H and O–H groups in total. The summed E-state index contributed by atoms with van der Waals surface area (Å²) >= 11 is 0. The molecule has 1 aliphatic heterocycles. The second-order valence-corrected chi connectivity index (χ2v) is 5.11. The molecule has 2 heterocycles. The fourth-order valence-corrected chi connectivity index (χ4v) is 2.35. The average Bonchev–Trinajstić information content (AvgIpc) is 2.97. The summed E-state index contributed by atoms with van der Waals surface area (Å²) in [5, 5.41) is 9.03. The topological polar surface area (TPSA) is 59.0 Å². The van der Waals surface area contributed by atoms with E-state index in [2.05, 4.69) is 15.7 Å². The van der Waals surface area contributed by atoms with Crippen LogP contribution in [0.4, 0.5) is 13.2 Å². The maximum atomic E-state index is 13.2. The van der Waals surface area contributed by atoms with Gasteiger partial charge in [0.15, 0.2) is 5.41 Å². The standard InChI is InChI=1S/C12H17F3N4O/c1-9(7-19-6-2-4-17-19)18-10(20)11(12(13,14)15)3-5-16-8-11/h2,4,6,9,16H,3,5,7-8H2,1H3,(H,18,20). The number of hydrogen-bond acceptors (Lipinski definition) is 3. The number of carbonyl (C=O) groups is 1. The number of amides is 1. The molecule has 1 saturated heterocycles. The van der Waals surface area contributed by atoms with Gasteiger partial charge in [-0.05, 0) is 26.0 Å². The van der Waals surface area contributed by atoms with Crippen LogP contribution < -0.4 is 10.6 Å². The number of nitrogens with one attached hydrogen (secondary N) is 2. The molecule has 1 amide bonds. The van der Waals surface area contributed by atoms with Crippen LogP contribution in [0, 0.1) is 5.41 Å². The molecule has 2 unspecified atom stereocenters. The zero-order valence-corrected chi connectivity index (χ0v) is 11.1. The molecule has 0 aliphatic carbocycles. The maximum Gasteiger partial charge on any atom is 0.404 e. The van der Waals surface area contributed by atoms with Crippen molar-refractivity contribution in [2.45, 2.75) is 32.1 Å². The highest BCUT2D eigenvalue weighted by Gasteiger charge is 2.61. The zero-order chi connectivity index (χ0) is 14.8. The van der Waals surface area contributed by atoms with E-state index in [0.717, 1.165) is 0 Å². The molecule has 2 rings (SSSR count). The zero-order valence-electron chi connectivity index (χ0n) is 11.1. The SMILES string of the molecule is CC(Cn1cccn1)NC(=O)C1(C(F)(F)F)CCNC1. The normalized spacial score (nSPS) is 24.6. The second kappa shape index (κ2) is 5.43. The quantitative estimate of drug-likeness (QED) is 0.867. The van der Waals surface area contributed by atoms with Gasteiger partial charge in [0.1, 0.15) is 0 Å². The highest BCUT2D eigenvalue weighted by molar-refractivity contribution is 5.84. The van der Waals surface area contributed by atoms with E-state index in [1.807, 2.05) is 0 Å². The summed E-state index contributed by atoms with van der Waals surface area (Å²) in [5.41, 5.74) is -2.31. The van der Waals surface area contributed by atoms with Gasteiger partial charge in [-0.25, -0.2) is 0 Å². The minimum absolute atomic E-state index is 0.195. The number of rotatable bonds is 4. The molecule has 5 nitrogen and oxygen atoms in total. The largest absolute Gasteiger partial charge is 0.404 e. The van der Waals surface area contributed by atoms with E-state index < -0.39 is 23.5 Å². The molecule has 0 aromatic carbocycles. The smallest absolute Gasteiger partial charge is 0.351 e. The van der Waals surface area contributed by atoms with Crippen molar-refractivity contribution in [1.82, 2.24) is 20.4 Å². The number of alkyl halides is 3. The van der Waals surface area contributed by atoms with Crippen molar-refractivity contribution >= 4 is 5.91 Å².